The number of amides is 1. The van der Waals surface area contributed by atoms with Gasteiger partial charge in [-0.1, -0.05) is 45.1 Å². The number of ether oxygens (including phenoxy) is 3. The van der Waals surface area contributed by atoms with Crippen molar-refractivity contribution in [2.45, 2.75) is 153 Å². The van der Waals surface area contributed by atoms with Crippen LogP contribution in [-0.4, -0.2) is 122 Å². The van der Waals surface area contributed by atoms with Crippen molar-refractivity contribution < 1.29 is 44.2 Å². The fourth-order valence-electron chi connectivity index (χ4n) is 7.51. The van der Waals surface area contributed by atoms with Gasteiger partial charge in [-0.25, -0.2) is 4.79 Å². The van der Waals surface area contributed by atoms with Crippen molar-refractivity contribution in [3.8, 4) is 0 Å². The maximum Gasteiger partial charge on any atom is 0.410 e. The summed E-state index contributed by atoms with van der Waals surface area (Å²) in [6, 6.07) is 0.0766. The molecule has 11 nitrogen and oxygen atoms in total. The van der Waals surface area contributed by atoms with Crippen molar-refractivity contribution in [1.82, 2.24) is 9.80 Å². The Balaban J connectivity index is 1.46. The lowest BCUT2D eigenvalue weighted by molar-refractivity contribution is -0.151. The Kier molecular flexibility index (Phi) is 13.9. The van der Waals surface area contributed by atoms with Crippen LogP contribution < -0.4 is 0 Å². The molecule has 4 N–H and O–H groups in total. The fraction of sp³-hybridized carbons (Fsp3) is 0.789. The number of hydrogen-bond donors (Lipinski definition) is 4. The monoisotopic (exact) mass is 690 g/mol. The third kappa shape index (κ3) is 11.4. The van der Waals surface area contributed by atoms with E-state index in [4.69, 9.17) is 14.2 Å². The molecule has 3 fully saturated rings. The lowest BCUT2D eigenvalue weighted by Crippen LogP contribution is -2.48. The molecule has 0 aromatic heterocycles. The Hall–Kier alpha value is -2.28. The van der Waals surface area contributed by atoms with Crippen molar-refractivity contribution in [2.75, 3.05) is 26.2 Å². The van der Waals surface area contributed by atoms with Crippen molar-refractivity contribution in [3.63, 3.8) is 0 Å². The van der Waals surface area contributed by atoms with E-state index in [1.807, 2.05) is 33.8 Å². The van der Waals surface area contributed by atoms with Gasteiger partial charge in [-0.2, -0.15) is 0 Å². The lowest BCUT2D eigenvalue weighted by atomic mass is 9.88. The number of likely N-dealkylation sites (tertiary alicyclic amines) is 2. The van der Waals surface area contributed by atoms with E-state index >= 15 is 0 Å². The first-order valence-corrected chi connectivity index (χ1v) is 18.5. The van der Waals surface area contributed by atoms with Crippen LogP contribution in [0.25, 0.3) is 0 Å². The highest BCUT2D eigenvalue weighted by atomic mass is 16.6. The predicted octanol–water partition coefficient (Wildman–Crippen LogP) is 4.27. The molecule has 4 aliphatic rings. The molecule has 0 aliphatic carbocycles. The summed E-state index contributed by atoms with van der Waals surface area (Å²) in [6.45, 7) is 14.5. The number of cyclic esters (lactones) is 1. The summed E-state index contributed by atoms with van der Waals surface area (Å²) in [5.41, 5.74) is -1.92. The van der Waals surface area contributed by atoms with E-state index in [-0.39, 0.29) is 49.3 Å². The zero-order valence-electron chi connectivity index (χ0n) is 30.5. The number of nitrogens with zero attached hydrogens (tertiary/aromatic N) is 2. The van der Waals surface area contributed by atoms with Crippen LogP contribution in [0.1, 0.15) is 99.3 Å². The molecule has 4 aliphatic heterocycles. The van der Waals surface area contributed by atoms with Crippen LogP contribution in [0.2, 0.25) is 0 Å². The number of rotatable bonds is 11. The molecule has 0 spiro atoms. The number of allylic oxidation sites excluding steroid dienone is 2. The number of epoxide rings is 1. The Morgan fingerprint density at radius 1 is 1.20 bits per heavy atom. The van der Waals surface area contributed by atoms with Crippen molar-refractivity contribution in [3.05, 3.63) is 36.0 Å². The van der Waals surface area contributed by atoms with Gasteiger partial charge in [0.2, 0.25) is 0 Å². The van der Waals surface area contributed by atoms with Crippen LogP contribution in [0.3, 0.4) is 0 Å². The molecule has 49 heavy (non-hydrogen) atoms. The first-order chi connectivity index (χ1) is 23.1. The topological polar surface area (TPSA) is 153 Å². The summed E-state index contributed by atoms with van der Waals surface area (Å²) >= 11 is 0. The van der Waals surface area contributed by atoms with Crippen LogP contribution in [-0.2, 0) is 19.0 Å². The molecule has 1 amide bonds. The molecule has 0 saturated carbocycles. The second-order valence-electron chi connectivity index (χ2n) is 15.5. The van der Waals surface area contributed by atoms with E-state index in [9.17, 15) is 30.0 Å². The molecule has 4 heterocycles. The zero-order chi connectivity index (χ0) is 35.9. The average molecular weight is 691 g/mol. The van der Waals surface area contributed by atoms with E-state index in [1.165, 1.54) is 12.8 Å². The Labute approximate surface area is 293 Å². The zero-order valence-corrected chi connectivity index (χ0v) is 30.5. The third-order valence-electron chi connectivity index (χ3n) is 10.9. The number of aliphatic hydroxyl groups is 4. The standard InChI is InChI=1S/C38H62N2O9/c1-7-30(42)27(4)35-31(47-35)23-37(5,45)17-10-12-25(2)34-26(3)14-15-32(38(6,46)18-16-29(41)22-33(43)49-34)48-36(44)40-21-11-13-28(40)24-39-19-8-9-20-39/h10,12,14-15,17,26-32,34-35,41-42,45-46H,7-9,11,13,16,18-24H2,1-6H3/t26?,27?,28-,29?,30?,31?,32?,34?,35?,37?,38?/m0/s1. The summed E-state index contributed by atoms with van der Waals surface area (Å²) in [7, 11) is 0. The molecule has 0 aromatic rings. The first kappa shape index (κ1) is 39.5. The minimum atomic E-state index is -1.48. The molecule has 0 aromatic carbocycles. The molecule has 11 atom stereocenters. The van der Waals surface area contributed by atoms with Gasteiger partial charge in [-0.15, -0.1) is 0 Å². The van der Waals surface area contributed by atoms with Crippen LogP contribution in [0.15, 0.2) is 36.0 Å². The van der Waals surface area contributed by atoms with Crippen molar-refractivity contribution in [1.29, 1.82) is 0 Å². The van der Waals surface area contributed by atoms with Gasteiger partial charge < -0.3 is 44.4 Å². The average Bonchev–Trinajstić information content (AvgIpc) is 3.37. The number of hydrogen-bond acceptors (Lipinski definition) is 10. The molecule has 0 bridgehead atoms. The molecule has 278 valence electrons. The van der Waals surface area contributed by atoms with Crippen LogP contribution in [0, 0.1) is 11.8 Å². The molecular formula is C38H62N2O9. The number of carbonyl (C=O) groups excluding carboxylic acids is 2. The largest absolute Gasteiger partial charge is 0.457 e. The van der Waals surface area contributed by atoms with Gasteiger partial charge >= 0.3 is 12.1 Å². The summed E-state index contributed by atoms with van der Waals surface area (Å²) < 4.78 is 17.7. The van der Waals surface area contributed by atoms with Crippen LogP contribution >= 0.6 is 0 Å². The highest BCUT2D eigenvalue weighted by Gasteiger charge is 2.47. The Morgan fingerprint density at radius 3 is 2.61 bits per heavy atom. The van der Waals surface area contributed by atoms with Crippen molar-refractivity contribution in [2.24, 2.45) is 11.8 Å². The smallest absolute Gasteiger partial charge is 0.410 e. The highest BCUT2D eigenvalue weighted by molar-refractivity contribution is 5.70. The molecule has 11 heteroatoms. The van der Waals surface area contributed by atoms with E-state index in [0.29, 0.717) is 25.0 Å². The molecular weight excluding hydrogens is 628 g/mol. The summed E-state index contributed by atoms with van der Waals surface area (Å²) in [5, 5.41) is 43.4. The third-order valence-corrected chi connectivity index (χ3v) is 10.9. The van der Waals surface area contributed by atoms with Crippen molar-refractivity contribution >= 4 is 12.1 Å². The van der Waals surface area contributed by atoms with Gasteiger partial charge in [0.05, 0.1) is 36.4 Å². The fourth-order valence-corrected chi connectivity index (χ4v) is 7.51. The van der Waals surface area contributed by atoms with E-state index in [1.54, 1.807) is 43.1 Å². The number of esters is 1. The van der Waals surface area contributed by atoms with Gasteiger partial charge in [0, 0.05) is 37.4 Å². The lowest BCUT2D eigenvalue weighted by Gasteiger charge is -2.35. The van der Waals surface area contributed by atoms with Gasteiger partial charge in [0.25, 0.3) is 0 Å². The minimum Gasteiger partial charge on any atom is -0.457 e. The van der Waals surface area contributed by atoms with E-state index < -0.39 is 47.7 Å². The molecule has 0 radical (unpaired) electrons. The molecule has 10 unspecified atom stereocenters. The normalized spacial score (nSPS) is 36.1. The summed E-state index contributed by atoms with van der Waals surface area (Å²) in [5.74, 6) is -0.933. The quantitative estimate of drug-likeness (QED) is 0.107. The highest BCUT2D eigenvalue weighted by Crippen LogP contribution is 2.37. The summed E-state index contributed by atoms with van der Waals surface area (Å²) in [6.07, 6.45) is 10.1. The summed E-state index contributed by atoms with van der Waals surface area (Å²) in [4.78, 5) is 30.6. The SMILES string of the molecule is CCC(O)C(C)C1OC1CC(C)(O)C=CC=C(C)C1OC(=O)CC(O)CCC(C)(O)C(OC(=O)N2CCC[C@H]2CN2CCCC2)C=CC1C. The van der Waals surface area contributed by atoms with Gasteiger partial charge in [-0.05, 0) is 90.5 Å². The van der Waals surface area contributed by atoms with Crippen LogP contribution in [0.4, 0.5) is 4.79 Å². The maximum absolute atomic E-state index is 13.6. The van der Waals surface area contributed by atoms with Gasteiger partial charge in [-0.3, -0.25) is 4.79 Å². The first-order valence-electron chi connectivity index (χ1n) is 18.5. The number of aliphatic hydroxyl groups excluding tert-OH is 2. The predicted molar refractivity (Wildman–Crippen MR) is 187 cm³/mol. The minimum absolute atomic E-state index is 0.00973. The van der Waals surface area contributed by atoms with Gasteiger partial charge in [0.1, 0.15) is 11.7 Å². The van der Waals surface area contributed by atoms with Gasteiger partial charge in [0.15, 0.2) is 6.10 Å². The van der Waals surface area contributed by atoms with E-state index in [0.717, 1.165) is 32.5 Å². The Morgan fingerprint density at radius 2 is 1.92 bits per heavy atom. The maximum atomic E-state index is 13.6. The second-order valence-corrected chi connectivity index (χ2v) is 15.5. The van der Waals surface area contributed by atoms with Crippen LogP contribution in [0.5, 0.6) is 0 Å². The molecule has 3 saturated heterocycles. The van der Waals surface area contributed by atoms with E-state index in [2.05, 4.69) is 4.90 Å². The second kappa shape index (κ2) is 17.3. The Bertz CT molecular complexity index is 1190. The molecule has 4 rings (SSSR count). The number of carbonyl (C=O) groups is 2.